The summed E-state index contributed by atoms with van der Waals surface area (Å²) in [6.45, 7) is -1.71. The summed E-state index contributed by atoms with van der Waals surface area (Å²) < 4.78 is 104. The van der Waals surface area contributed by atoms with E-state index in [1.165, 1.54) is 18.3 Å². The van der Waals surface area contributed by atoms with Crippen LogP contribution in [0.2, 0.25) is 0 Å². The van der Waals surface area contributed by atoms with Crippen molar-refractivity contribution in [3.05, 3.63) is 48.5 Å². The standard InChI is InChI=1S/C17H9F8N5/c18-15(19,17(23,24)25)8-30-13-5-26-11(3-9(13)4-27-30)12-7-29-6-10(16(20,21)22)1-2-14(29)28-12/h1-7H,8H2. The summed E-state index contributed by atoms with van der Waals surface area (Å²) in [6, 6.07) is 3.38. The summed E-state index contributed by atoms with van der Waals surface area (Å²) in [5.41, 5.74) is -0.369. The van der Waals surface area contributed by atoms with Crippen molar-refractivity contribution in [2.24, 2.45) is 0 Å². The molecule has 4 aromatic rings. The molecule has 0 aliphatic rings. The minimum atomic E-state index is -5.73. The van der Waals surface area contributed by atoms with Crippen molar-refractivity contribution in [3.8, 4) is 11.4 Å². The van der Waals surface area contributed by atoms with Gasteiger partial charge in [0.25, 0.3) is 0 Å². The van der Waals surface area contributed by atoms with Crippen molar-refractivity contribution in [2.75, 3.05) is 0 Å². The molecule has 0 aliphatic heterocycles. The third kappa shape index (κ3) is 3.44. The third-order valence-corrected chi connectivity index (χ3v) is 4.33. The van der Waals surface area contributed by atoms with Crippen LogP contribution < -0.4 is 0 Å². The average Bonchev–Trinajstić information content (AvgIpc) is 3.22. The Kier molecular flexibility index (Phi) is 4.26. The summed E-state index contributed by atoms with van der Waals surface area (Å²) in [5, 5.41) is 3.77. The minimum absolute atomic E-state index is 0.0641. The van der Waals surface area contributed by atoms with E-state index in [0.717, 1.165) is 29.1 Å². The van der Waals surface area contributed by atoms with E-state index < -0.39 is 30.4 Å². The molecule has 0 aliphatic carbocycles. The lowest BCUT2D eigenvalue weighted by atomic mass is 10.2. The number of hydrogen-bond acceptors (Lipinski definition) is 3. The van der Waals surface area contributed by atoms with Crippen LogP contribution in [0.1, 0.15) is 5.56 Å². The van der Waals surface area contributed by atoms with E-state index in [1.54, 1.807) is 0 Å². The summed E-state index contributed by atoms with van der Waals surface area (Å²) in [6.07, 6.45) is -5.99. The summed E-state index contributed by atoms with van der Waals surface area (Å²) in [5.74, 6) is -4.98. The van der Waals surface area contributed by atoms with Crippen LogP contribution in [0.15, 0.2) is 43.0 Å². The average molecular weight is 435 g/mol. The van der Waals surface area contributed by atoms with Crippen molar-refractivity contribution in [1.29, 1.82) is 0 Å². The van der Waals surface area contributed by atoms with Crippen LogP contribution in [0.25, 0.3) is 27.9 Å². The highest BCUT2D eigenvalue weighted by Gasteiger charge is 2.57. The number of pyridine rings is 2. The normalized spacial score (nSPS) is 13.5. The van der Waals surface area contributed by atoms with Gasteiger partial charge in [0.05, 0.1) is 29.2 Å². The lowest BCUT2D eigenvalue weighted by molar-refractivity contribution is -0.287. The summed E-state index contributed by atoms with van der Waals surface area (Å²) >= 11 is 0. The molecule has 30 heavy (non-hydrogen) atoms. The van der Waals surface area contributed by atoms with Crippen LogP contribution >= 0.6 is 0 Å². The topological polar surface area (TPSA) is 48.0 Å². The predicted octanol–water partition coefficient (Wildman–Crippen LogP) is 4.96. The van der Waals surface area contributed by atoms with E-state index in [2.05, 4.69) is 15.1 Å². The van der Waals surface area contributed by atoms with Crippen LogP contribution in [0.3, 0.4) is 0 Å². The van der Waals surface area contributed by atoms with Crippen LogP contribution in [-0.4, -0.2) is 36.2 Å². The molecular weight excluding hydrogens is 426 g/mol. The number of imidazole rings is 1. The van der Waals surface area contributed by atoms with Gasteiger partial charge in [0, 0.05) is 17.8 Å². The highest BCUT2D eigenvalue weighted by atomic mass is 19.4. The number of fused-ring (bicyclic) bond motifs is 2. The lowest BCUT2D eigenvalue weighted by Gasteiger charge is -2.19. The van der Waals surface area contributed by atoms with Gasteiger partial charge in [-0.1, -0.05) is 0 Å². The summed E-state index contributed by atoms with van der Waals surface area (Å²) in [7, 11) is 0. The Morgan fingerprint density at radius 1 is 0.867 bits per heavy atom. The highest BCUT2D eigenvalue weighted by Crippen LogP contribution is 2.37. The van der Waals surface area contributed by atoms with Gasteiger partial charge in [0.1, 0.15) is 17.9 Å². The number of hydrogen-bond donors (Lipinski definition) is 0. The Morgan fingerprint density at radius 3 is 2.27 bits per heavy atom. The number of halogens is 8. The molecule has 13 heteroatoms. The first-order valence-corrected chi connectivity index (χ1v) is 8.18. The first-order chi connectivity index (χ1) is 13.8. The quantitative estimate of drug-likeness (QED) is 0.428. The van der Waals surface area contributed by atoms with Gasteiger partial charge < -0.3 is 4.40 Å². The van der Waals surface area contributed by atoms with Gasteiger partial charge in [-0.25, -0.2) is 4.98 Å². The first kappa shape index (κ1) is 20.0. The van der Waals surface area contributed by atoms with E-state index >= 15 is 0 Å². The number of nitrogens with zero attached hydrogens (tertiary/aromatic N) is 5. The van der Waals surface area contributed by atoms with Crippen LogP contribution in [0.4, 0.5) is 35.1 Å². The molecule has 0 amide bonds. The molecule has 0 saturated heterocycles. The van der Waals surface area contributed by atoms with Gasteiger partial charge in [-0.05, 0) is 18.2 Å². The maximum atomic E-state index is 13.3. The van der Waals surface area contributed by atoms with Crippen molar-refractivity contribution in [3.63, 3.8) is 0 Å². The fraction of sp³-hybridized carbons (Fsp3) is 0.235. The monoisotopic (exact) mass is 435 g/mol. The molecule has 4 aromatic heterocycles. The van der Waals surface area contributed by atoms with Crippen molar-refractivity contribution >= 4 is 16.6 Å². The van der Waals surface area contributed by atoms with Crippen LogP contribution in [0, 0.1) is 0 Å². The zero-order valence-electron chi connectivity index (χ0n) is 14.5. The molecule has 0 bridgehead atoms. The van der Waals surface area contributed by atoms with Gasteiger partial charge in [0.2, 0.25) is 0 Å². The number of aromatic nitrogens is 5. The molecule has 5 nitrogen and oxygen atoms in total. The predicted molar refractivity (Wildman–Crippen MR) is 87.7 cm³/mol. The Bertz CT molecular complexity index is 1230. The molecule has 0 aromatic carbocycles. The van der Waals surface area contributed by atoms with E-state index in [4.69, 9.17) is 0 Å². The molecule has 0 spiro atoms. The maximum Gasteiger partial charge on any atom is 0.455 e. The lowest BCUT2D eigenvalue weighted by Crippen LogP contribution is -2.40. The van der Waals surface area contributed by atoms with E-state index in [9.17, 15) is 35.1 Å². The molecule has 0 atom stereocenters. The smallest absolute Gasteiger partial charge is 0.306 e. The Morgan fingerprint density at radius 2 is 1.60 bits per heavy atom. The van der Waals surface area contributed by atoms with Crippen LogP contribution in [0.5, 0.6) is 0 Å². The fourth-order valence-corrected chi connectivity index (χ4v) is 2.80. The first-order valence-electron chi connectivity index (χ1n) is 8.18. The second kappa shape index (κ2) is 6.37. The van der Waals surface area contributed by atoms with Gasteiger partial charge in [-0.15, -0.1) is 0 Å². The Balaban J connectivity index is 1.69. The second-order valence-corrected chi connectivity index (χ2v) is 6.44. The molecule has 0 fully saturated rings. The van der Waals surface area contributed by atoms with Crippen LogP contribution in [-0.2, 0) is 12.7 Å². The number of rotatable bonds is 3. The Labute approximate surface area is 161 Å². The van der Waals surface area contributed by atoms with E-state index in [0.29, 0.717) is 4.68 Å². The maximum absolute atomic E-state index is 13.3. The fourth-order valence-electron chi connectivity index (χ4n) is 2.80. The van der Waals surface area contributed by atoms with Crippen molar-refractivity contribution < 1.29 is 35.1 Å². The van der Waals surface area contributed by atoms with Gasteiger partial charge in [-0.2, -0.15) is 40.2 Å². The molecule has 4 rings (SSSR count). The molecule has 0 radical (unpaired) electrons. The Hall–Kier alpha value is -3.25. The second-order valence-electron chi connectivity index (χ2n) is 6.44. The molecule has 158 valence electrons. The zero-order chi connectivity index (χ0) is 21.9. The largest absolute Gasteiger partial charge is 0.455 e. The molecule has 0 unspecified atom stereocenters. The molecule has 0 N–H and O–H groups in total. The third-order valence-electron chi connectivity index (χ3n) is 4.33. The zero-order valence-corrected chi connectivity index (χ0v) is 14.5. The van der Waals surface area contributed by atoms with Gasteiger partial charge >= 0.3 is 18.3 Å². The van der Waals surface area contributed by atoms with Crippen molar-refractivity contribution in [2.45, 2.75) is 24.8 Å². The SMILES string of the molecule is FC(F)(F)c1ccc2nc(-c3cc4cnn(CC(F)(F)C(F)(F)F)c4cn3)cn2c1. The number of alkyl halides is 8. The molecular formula is C17H9F8N5. The highest BCUT2D eigenvalue weighted by molar-refractivity contribution is 5.81. The van der Waals surface area contributed by atoms with Gasteiger partial charge in [-0.3, -0.25) is 9.67 Å². The summed E-state index contributed by atoms with van der Waals surface area (Å²) in [4.78, 5) is 8.13. The van der Waals surface area contributed by atoms with E-state index in [1.807, 2.05) is 0 Å². The van der Waals surface area contributed by atoms with Crippen molar-refractivity contribution in [1.82, 2.24) is 24.1 Å². The van der Waals surface area contributed by atoms with Gasteiger partial charge in [0.15, 0.2) is 0 Å². The molecule has 4 heterocycles. The van der Waals surface area contributed by atoms with E-state index in [-0.39, 0.29) is 27.9 Å². The minimum Gasteiger partial charge on any atom is -0.306 e. The molecule has 0 saturated carbocycles.